The number of aryl methyl sites for hydroxylation is 1. The molecule has 28 heavy (non-hydrogen) atoms. The van der Waals surface area contributed by atoms with Gasteiger partial charge < -0.3 is 10.6 Å². The van der Waals surface area contributed by atoms with Gasteiger partial charge in [-0.05, 0) is 31.2 Å². The summed E-state index contributed by atoms with van der Waals surface area (Å²) in [7, 11) is 0. The van der Waals surface area contributed by atoms with Gasteiger partial charge in [0, 0.05) is 24.5 Å². The van der Waals surface area contributed by atoms with E-state index in [1.807, 2.05) is 48.7 Å². The predicted octanol–water partition coefficient (Wildman–Crippen LogP) is 4.03. The summed E-state index contributed by atoms with van der Waals surface area (Å²) < 4.78 is 0. The highest BCUT2D eigenvalue weighted by Gasteiger charge is 2.20. The fourth-order valence-corrected chi connectivity index (χ4v) is 3.51. The molecule has 3 rings (SSSR count). The van der Waals surface area contributed by atoms with Gasteiger partial charge in [-0.15, -0.1) is 36.2 Å². The Morgan fingerprint density at radius 3 is 2.64 bits per heavy atom. The molecule has 150 valence electrons. The zero-order valence-corrected chi connectivity index (χ0v) is 18.0. The van der Waals surface area contributed by atoms with Gasteiger partial charge in [0.15, 0.2) is 0 Å². The number of hydrogen-bond acceptors (Lipinski definition) is 5. The smallest absolute Gasteiger partial charge is 0.273 e. The Balaban J connectivity index is 0.00000196. The zero-order valence-electron chi connectivity index (χ0n) is 15.6. The first-order valence-electron chi connectivity index (χ1n) is 8.55. The number of carbonyl (C=O) groups is 1. The van der Waals surface area contributed by atoms with E-state index in [1.54, 1.807) is 11.1 Å². The number of aromatic nitrogens is 2. The van der Waals surface area contributed by atoms with E-state index >= 15 is 0 Å². The third kappa shape index (κ3) is 6.56. The quantitative estimate of drug-likeness (QED) is 0.603. The van der Waals surface area contributed by atoms with E-state index in [9.17, 15) is 4.79 Å². The molecule has 2 N–H and O–H groups in total. The average Bonchev–Trinajstić information content (AvgIpc) is 3.10. The van der Waals surface area contributed by atoms with E-state index in [0.29, 0.717) is 31.7 Å². The van der Waals surface area contributed by atoms with Crippen LogP contribution in [0.2, 0.25) is 0 Å². The van der Waals surface area contributed by atoms with Crippen LogP contribution in [0.4, 0.5) is 0 Å². The Hall–Kier alpha value is -1.99. The minimum atomic E-state index is -0.0864. The predicted molar refractivity (Wildman–Crippen MR) is 118 cm³/mol. The number of nitrogens with two attached hydrogens (primary N) is 1. The minimum Gasteiger partial charge on any atom is -0.330 e. The molecule has 0 bridgehead atoms. The molecule has 2 heterocycles. The van der Waals surface area contributed by atoms with Gasteiger partial charge in [-0.2, -0.15) is 0 Å². The van der Waals surface area contributed by atoms with Crippen molar-refractivity contribution in [3.05, 3.63) is 81.6 Å². The number of hydrogen-bond donors (Lipinski definition) is 1. The summed E-state index contributed by atoms with van der Waals surface area (Å²) in [6, 6.07) is 13.9. The number of halogens is 2. The van der Waals surface area contributed by atoms with Crippen LogP contribution in [0.25, 0.3) is 0 Å². The topological polar surface area (TPSA) is 72.1 Å². The first-order valence-corrected chi connectivity index (χ1v) is 9.43. The van der Waals surface area contributed by atoms with E-state index in [0.717, 1.165) is 16.3 Å². The van der Waals surface area contributed by atoms with Gasteiger partial charge in [0.2, 0.25) is 0 Å². The Morgan fingerprint density at radius 1 is 1.14 bits per heavy atom. The van der Waals surface area contributed by atoms with Crippen molar-refractivity contribution in [2.75, 3.05) is 6.54 Å². The molecule has 3 aromatic rings. The largest absolute Gasteiger partial charge is 0.330 e. The van der Waals surface area contributed by atoms with Crippen molar-refractivity contribution >= 4 is 42.1 Å². The van der Waals surface area contributed by atoms with Gasteiger partial charge >= 0.3 is 0 Å². The van der Waals surface area contributed by atoms with Gasteiger partial charge in [0.05, 0.1) is 17.2 Å². The highest BCUT2D eigenvalue weighted by atomic mass is 35.5. The van der Waals surface area contributed by atoms with Gasteiger partial charge in [-0.25, -0.2) is 4.98 Å². The fourth-order valence-electron chi connectivity index (χ4n) is 2.73. The first kappa shape index (κ1) is 24.0. The lowest BCUT2D eigenvalue weighted by Gasteiger charge is -2.22. The van der Waals surface area contributed by atoms with E-state index in [4.69, 9.17) is 5.73 Å². The molecule has 0 saturated carbocycles. The molecule has 1 aromatic carbocycles. The van der Waals surface area contributed by atoms with Gasteiger partial charge in [-0.1, -0.05) is 35.9 Å². The summed E-state index contributed by atoms with van der Waals surface area (Å²) >= 11 is 1.48. The number of carbonyl (C=O) groups excluding carboxylic acids is 1. The van der Waals surface area contributed by atoms with Gasteiger partial charge in [0.25, 0.3) is 5.91 Å². The maximum Gasteiger partial charge on any atom is 0.273 e. The van der Waals surface area contributed by atoms with E-state index < -0.39 is 0 Å². The maximum atomic E-state index is 13.1. The van der Waals surface area contributed by atoms with Crippen LogP contribution < -0.4 is 5.73 Å². The standard InChI is InChI=1S/C20H22N4OS.2ClH/c1-15-5-4-6-16(11-15)12-24(13-17-7-2-3-10-22-17)20(25)18-14-26-19(23-18)8-9-21;;/h2-7,10-11,14H,8-9,12-13,21H2,1H3;2*1H. The van der Waals surface area contributed by atoms with Crippen LogP contribution in [0, 0.1) is 6.92 Å². The average molecular weight is 439 g/mol. The molecule has 8 heteroatoms. The number of amides is 1. The highest BCUT2D eigenvalue weighted by Crippen LogP contribution is 2.17. The van der Waals surface area contributed by atoms with Crippen LogP contribution in [0.15, 0.2) is 54.0 Å². The lowest BCUT2D eigenvalue weighted by atomic mass is 10.1. The van der Waals surface area contributed by atoms with Gasteiger partial charge in [0.1, 0.15) is 5.69 Å². The van der Waals surface area contributed by atoms with Crippen molar-refractivity contribution in [2.24, 2.45) is 5.73 Å². The molecule has 1 amide bonds. The summed E-state index contributed by atoms with van der Waals surface area (Å²) in [4.78, 5) is 23.7. The summed E-state index contributed by atoms with van der Waals surface area (Å²) in [6.45, 7) is 3.54. The molecule has 0 aliphatic heterocycles. The van der Waals surface area contributed by atoms with E-state index in [-0.39, 0.29) is 30.7 Å². The molecule has 0 saturated heterocycles. The maximum absolute atomic E-state index is 13.1. The second-order valence-corrected chi connectivity index (χ2v) is 7.08. The molecule has 0 spiro atoms. The summed E-state index contributed by atoms with van der Waals surface area (Å²) in [5, 5.41) is 2.71. The Bertz CT molecular complexity index is 873. The molecule has 0 aliphatic rings. The number of pyridine rings is 1. The molecule has 5 nitrogen and oxygen atoms in total. The zero-order chi connectivity index (χ0) is 18.4. The normalized spacial score (nSPS) is 9.93. The lowest BCUT2D eigenvalue weighted by Crippen LogP contribution is -2.30. The van der Waals surface area contributed by atoms with Crippen LogP contribution in [0.5, 0.6) is 0 Å². The monoisotopic (exact) mass is 438 g/mol. The fraction of sp³-hybridized carbons (Fsp3) is 0.250. The molecule has 0 atom stereocenters. The van der Waals surface area contributed by atoms with Crippen LogP contribution in [0.1, 0.15) is 32.3 Å². The number of nitrogens with zero attached hydrogens (tertiary/aromatic N) is 3. The van der Waals surface area contributed by atoms with Crippen molar-refractivity contribution in [1.82, 2.24) is 14.9 Å². The van der Waals surface area contributed by atoms with E-state index in [1.165, 1.54) is 16.9 Å². The molecule has 0 radical (unpaired) electrons. The number of rotatable bonds is 7. The third-order valence-electron chi connectivity index (χ3n) is 3.95. The van der Waals surface area contributed by atoms with Crippen molar-refractivity contribution in [3.8, 4) is 0 Å². The number of benzene rings is 1. The molecule has 0 unspecified atom stereocenters. The molecule has 0 aliphatic carbocycles. The summed E-state index contributed by atoms with van der Waals surface area (Å²) in [5.74, 6) is -0.0864. The third-order valence-corrected chi connectivity index (χ3v) is 4.86. The summed E-state index contributed by atoms with van der Waals surface area (Å²) in [5.41, 5.74) is 9.18. The second-order valence-electron chi connectivity index (χ2n) is 6.14. The summed E-state index contributed by atoms with van der Waals surface area (Å²) in [6.07, 6.45) is 2.43. The number of thiazole rings is 1. The molecule has 0 fully saturated rings. The highest BCUT2D eigenvalue weighted by molar-refractivity contribution is 7.09. The molecular formula is C20H24Cl2N4OS. The molecule has 2 aromatic heterocycles. The van der Waals surface area contributed by atoms with Crippen LogP contribution in [-0.4, -0.2) is 27.3 Å². The van der Waals surface area contributed by atoms with Crippen LogP contribution in [-0.2, 0) is 19.5 Å². The van der Waals surface area contributed by atoms with Crippen molar-refractivity contribution in [3.63, 3.8) is 0 Å². The SMILES string of the molecule is Cc1cccc(CN(Cc2ccccn2)C(=O)c2csc(CCN)n2)c1.Cl.Cl. The Kier molecular flexibility index (Phi) is 10.1. The minimum absolute atomic E-state index is 0. The first-order chi connectivity index (χ1) is 12.7. The Labute approximate surface area is 181 Å². The van der Waals surface area contributed by atoms with Crippen LogP contribution in [0.3, 0.4) is 0 Å². The molecular weight excluding hydrogens is 415 g/mol. The Morgan fingerprint density at radius 2 is 1.96 bits per heavy atom. The van der Waals surface area contributed by atoms with E-state index in [2.05, 4.69) is 16.0 Å². The second kappa shape index (κ2) is 11.8. The lowest BCUT2D eigenvalue weighted by molar-refractivity contribution is 0.0722. The van der Waals surface area contributed by atoms with Crippen molar-refractivity contribution < 1.29 is 4.79 Å². The van der Waals surface area contributed by atoms with Gasteiger partial charge in [-0.3, -0.25) is 9.78 Å². The van der Waals surface area contributed by atoms with Crippen LogP contribution >= 0.6 is 36.2 Å². The van der Waals surface area contributed by atoms with Crippen molar-refractivity contribution in [1.29, 1.82) is 0 Å². The van der Waals surface area contributed by atoms with Crippen molar-refractivity contribution in [2.45, 2.75) is 26.4 Å².